The van der Waals surface area contributed by atoms with Crippen molar-refractivity contribution < 1.29 is 13.5 Å². The van der Waals surface area contributed by atoms with E-state index in [1.54, 1.807) is 12.1 Å². The molecule has 1 aromatic carbocycles. The maximum Gasteiger partial charge on any atom is 0.211 e. The van der Waals surface area contributed by atoms with E-state index < -0.39 is 10.0 Å². The summed E-state index contributed by atoms with van der Waals surface area (Å²) in [5, 5.41) is 8.54. The van der Waals surface area contributed by atoms with E-state index in [0.29, 0.717) is 6.54 Å². The van der Waals surface area contributed by atoms with Gasteiger partial charge < -0.3 is 5.11 Å². The van der Waals surface area contributed by atoms with Gasteiger partial charge in [0.2, 0.25) is 10.0 Å². The third kappa shape index (κ3) is 4.57. The summed E-state index contributed by atoms with van der Waals surface area (Å²) in [5.41, 5.74) is 1.69. The first-order chi connectivity index (χ1) is 7.93. The number of aliphatic hydroxyl groups is 1. The summed E-state index contributed by atoms with van der Waals surface area (Å²) >= 11 is 0. The lowest BCUT2D eigenvalue weighted by atomic mass is 10.1. The van der Waals surface area contributed by atoms with Gasteiger partial charge in [0.25, 0.3) is 0 Å². The van der Waals surface area contributed by atoms with E-state index in [1.807, 2.05) is 12.1 Å². The van der Waals surface area contributed by atoms with Crippen LogP contribution >= 0.6 is 0 Å². The molecule has 1 N–H and O–H groups in total. The van der Waals surface area contributed by atoms with Crippen molar-refractivity contribution >= 4 is 10.0 Å². The molecule has 0 fully saturated rings. The van der Waals surface area contributed by atoms with Crippen molar-refractivity contribution in [2.75, 3.05) is 19.9 Å². The van der Waals surface area contributed by atoms with Crippen LogP contribution in [0.2, 0.25) is 0 Å². The molecule has 1 rings (SSSR count). The molecule has 0 saturated heterocycles. The van der Waals surface area contributed by atoms with Crippen molar-refractivity contribution in [3.8, 4) is 11.8 Å². The van der Waals surface area contributed by atoms with Crippen molar-refractivity contribution in [2.45, 2.75) is 6.54 Å². The Labute approximate surface area is 102 Å². The lowest BCUT2D eigenvalue weighted by molar-refractivity contribution is 0.350. The van der Waals surface area contributed by atoms with Crippen LogP contribution in [0, 0.1) is 11.8 Å². The third-order valence-corrected chi connectivity index (χ3v) is 3.50. The fourth-order valence-corrected chi connectivity index (χ4v) is 1.59. The molecular weight excluding hydrogens is 238 g/mol. The Balaban J connectivity index is 2.75. The van der Waals surface area contributed by atoms with E-state index in [1.165, 1.54) is 17.6 Å². The Kier molecular flexibility index (Phi) is 4.70. The van der Waals surface area contributed by atoms with E-state index in [0.717, 1.165) is 11.1 Å². The minimum absolute atomic E-state index is 0.168. The first-order valence-corrected chi connectivity index (χ1v) is 6.88. The number of aliphatic hydroxyl groups excluding tert-OH is 1. The molecular formula is C12H15NO3S. The molecule has 0 aliphatic heterocycles. The number of hydrogen-bond acceptors (Lipinski definition) is 3. The molecule has 17 heavy (non-hydrogen) atoms. The lowest BCUT2D eigenvalue weighted by Crippen LogP contribution is -2.24. The van der Waals surface area contributed by atoms with Crippen molar-refractivity contribution in [1.82, 2.24) is 4.31 Å². The minimum Gasteiger partial charge on any atom is -0.384 e. The molecule has 0 bridgehead atoms. The van der Waals surface area contributed by atoms with Crippen LogP contribution < -0.4 is 0 Å². The smallest absolute Gasteiger partial charge is 0.211 e. The molecule has 5 heteroatoms. The number of benzene rings is 1. The quantitative estimate of drug-likeness (QED) is 0.794. The number of sulfonamides is 1. The van der Waals surface area contributed by atoms with Crippen LogP contribution in [0.4, 0.5) is 0 Å². The molecule has 0 aromatic heterocycles. The topological polar surface area (TPSA) is 57.6 Å². The van der Waals surface area contributed by atoms with Gasteiger partial charge >= 0.3 is 0 Å². The Morgan fingerprint density at radius 3 is 2.35 bits per heavy atom. The highest BCUT2D eigenvalue weighted by molar-refractivity contribution is 7.88. The maximum absolute atomic E-state index is 11.2. The first kappa shape index (κ1) is 13.7. The molecule has 1 aromatic rings. The summed E-state index contributed by atoms with van der Waals surface area (Å²) in [6.07, 6.45) is 1.17. The van der Waals surface area contributed by atoms with Gasteiger partial charge in [0.1, 0.15) is 6.61 Å². The second kappa shape index (κ2) is 5.82. The largest absolute Gasteiger partial charge is 0.384 e. The minimum atomic E-state index is -3.15. The second-order valence-corrected chi connectivity index (χ2v) is 5.77. The van der Waals surface area contributed by atoms with Crippen molar-refractivity contribution in [3.63, 3.8) is 0 Å². The Morgan fingerprint density at radius 1 is 1.29 bits per heavy atom. The lowest BCUT2D eigenvalue weighted by Gasteiger charge is -2.13. The number of rotatable bonds is 3. The fourth-order valence-electron chi connectivity index (χ4n) is 1.21. The summed E-state index contributed by atoms with van der Waals surface area (Å²) in [7, 11) is -1.62. The van der Waals surface area contributed by atoms with Crippen molar-refractivity contribution in [1.29, 1.82) is 0 Å². The summed E-state index contributed by atoms with van der Waals surface area (Å²) in [5.74, 6) is 5.32. The first-order valence-electron chi connectivity index (χ1n) is 5.03. The molecule has 0 radical (unpaired) electrons. The average Bonchev–Trinajstić information content (AvgIpc) is 2.27. The number of nitrogens with zero attached hydrogens (tertiary/aromatic N) is 1. The summed E-state index contributed by atoms with van der Waals surface area (Å²) in [6.45, 7) is 0.172. The highest BCUT2D eigenvalue weighted by atomic mass is 32.2. The van der Waals surface area contributed by atoms with Crippen LogP contribution in [0.5, 0.6) is 0 Å². The zero-order valence-electron chi connectivity index (χ0n) is 9.84. The molecule has 0 aliphatic carbocycles. The standard InChI is InChI=1S/C12H15NO3S/c1-13(17(2,15)16)10-12-7-5-11(6-8-12)4-3-9-14/h5-8,14H,9-10H2,1-2H3. The SMILES string of the molecule is CN(Cc1ccc(C#CCO)cc1)S(C)(=O)=O. The number of hydrogen-bond donors (Lipinski definition) is 1. The Bertz CT molecular complexity index is 523. The molecule has 0 spiro atoms. The zero-order chi connectivity index (χ0) is 12.9. The summed E-state index contributed by atoms with van der Waals surface area (Å²) < 4.78 is 23.7. The van der Waals surface area contributed by atoms with E-state index in [-0.39, 0.29) is 6.61 Å². The molecule has 92 valence electrons. The average molecular weight is 253 g/mol. The predicted octanol–water partition coefficient (Wildman–Crippen LogP) is 0.422. The molecule has 0 unspecified atom stereocenters. The molecule has 0 aliphatic rings. The van der Waals surface area contributed by atoms with E-state index in [2.05, 4.69) is 11.8 Å². The fraction of sp³-hybridized carbons (Fsp3) is 0.333. The van der Waals surface area contributed by atoms with Gasteiger partial charge in [0.05, 0.1) is 6.26 Å². The van der Waals surface area contributed by atoms with Gasteiger partial charge in [-0.3, -0.25) is 0 Å². The van der Waals surface area contributed by atoms with Crippen LogP contribution in [-0.2, 0) is 16.6 Å². The van der Waals surface area contributed by atoms with Crippen LogP contribution in [0.3, 0.4) is 0 Å². The van der Waals surface area contributed by atoms with Crippen molar-refractivity contribution in [2.24, 2.45) is 0 Å². The van der Waals surface area contributed by atoms with Gasteiger partial charge in [-0.05, 0) is 17.7 Å². The van der Waals surface area contributed by atoms with Gasteiger partial charge in [-0.2, -0.15) is 0 Å². The van der Waals surface area contributed by atoms with E-state index >= 15 is 0 Å². The molecule has 0 heterocycles. The van der Waals surface area contributed by atoms with Crippen LogP contribution in [-0.4, -0.2) is 37.7 Å². The third-order valence-electron chi connectivity index (χ3n) is 2.24. The predicted molar refractivity (Wildman–Crippen MR) is 66.7 cm³/mol. The van der Waals surface area contributed by atoms with Gasteiger partial charge in [-0.1, -0.05) is 24.0 Å². The van der Waals surface area contributed by atoms with E-state index in [4.69, 9.17) is 5.11 Å². The van der Waals surface area contributed by atoms with Crippen molar-refractivity contribution in [3.05, 3.63) is 35.4 Å². The highest BCUT2D eigenvalue weighted by Crippen LogP contribution is 2.07. The van der Waals surface area contributed by atoms with Gasteiger partial charge in [-0.25, -0.2) is 12.7 Å². The highest BCUT2D eigenvalue weighted by Gasteiger charge is 2.10. The second-order valence-electron chi connectivity index (χ2n) is 3.68. The van der Waals surface area contributed by atoms with Gasteiger partial charge in [0.15, 0.2) is 0 Å². The molecule has 0 atom stereocenters. The van der Waals surface area contributed by atoms with Gasteiger partial charge in [0, 0.05) is 19.2 Å². The monoisotopic (exact) mass is 253 g/mol. The van der Waals surface area contributed by atoms with Crippen LogP contribution in [0.15, 0.2) is 24.3 Å². The Morgan fingerprint density at radius 2 is 1.88 bits per heavy atom. The zero-order valence-corrected chi connectivity index (χ0v) is 10.7. The molecule has 0 saturated carbocycles. The Hall–Kier alpha value is -1.35. The normalized spacial score (nSPS) is 11.1. The van der Waals surface area contributed by atoms with E-state index in [9.17, 15) is 8.42 Å². The van der Waals surface area contributed by atoms with Gasteiger partial charge in [-0.15, -0.1) is 0 Å². The molecule has 0 amide bonds. The maximum atomic E-state index is 11.2. The van der Waals surface area contributed by atoms with Crippen LogP contribution in [0.25, 0.3) is 0 Å². The molecule has 4 nitrogen and oxygen atoms in total. The van der Waals surface area contributed by atoms with Crippen LogP contribution in [0.1, 0.15) is 11.1 Å². The summed E-state index contributed by atoms with van der Waals surface area (Å²) in [6, 6.07) is 7.24. The summed E-state index contributed by atoms with van der Waals surface area (Å²) in [4.78, 5) is 0.